The Morgan fingerprint density at radius 1 is 1.15 bits per heavy atom. The van der Waals surface area contributed by atoms with Gasteiger partial charge in [0.15, 0.2) is 0 Å². The van der Waals surface area contributed by atoms with Crippen molar-refractivity contribution in [3.05, 3.63) is 77.1 Å². The molecular formula is C21H25N5O. The van der Waals surface area contributed by atoms with E-state index >= 15 is 0 Å². The number of tetrazole rings is 1. The van der Waals surface area contributed by atoms with Crippen LogP contribution >= 0.6 is 0 Å². The molecule has 0 unspecified atom stereocenters. The number of benzene rings is 2. The predicted octanol–water partition coefficient (Wildman–Crippen LogP) is 2.82. The van der Waals surface area contributed by atoms with Gasteiger partial charge in [-0.25, -0.2) is 4.68 Å². The van der Waals surface area contributed by atoms with E-state index in [0.29, 0.717) is 13.0 Å². The number of nitrogens with zero attached hydrogens (tertiary/aromatic N) is 4. The van der Waals surface area contributed by atoms with Crippen LogP contribution in [0.25, 0.3) is 0 Å². The Morgan fingerprint density at radius 2 is 1.96 bits per heavy atom. The number of hydrogen-bond donors (Lipinski definition) is 1. The van der Waals surface area contributed by atoms with E-state index in [4.69, 9.17) is 0 Å². The predicted molar refractivity (Wildman–Crippen MR) is 104 cm³/mol. The maximum absolute atomic E-state index is 12.7. The van der Waals surface area contributed by atoms with Gasteiger partial charge in [0.05, 0.1) is 0 Å². The Balaban J connectivity index is 1.56. The monoisotopic (exact) mass is 363 g/mol. The Labute approximate surface area is 159 Å². The Hall–Kier alpha value is -3.02. The van der Waals surface area contributed by atoms with Gasteiger partial charge in [-0.05, 0) is 53.8 Å². The zero-order valence-corrected chi connectivity index (χ0v) is 15.8. The van der Waals surface area contributed by atoms with Crippen molar-refractivity contribution in [2.45, 2.75) is 39.2 Å². The molecule has 6 nitrogen and oxygen atoms in total. The van der Waals surface area contributed by atoms with Crippen molar-refractivity contribution in [1.29, 1.82) is 0 Å². The second-order valence-corrected chi connectivity index (χ2v) is 6.82. The van der Waals surface area contributed by atoms with Gasteiger partial charge in [-0.1, -0.05) is 54.1 Å². The normalized spacial score (nSPS) is 11.9. The molecule has 140 valence electrons. The first kappa shape index (κ1) is 18.8. The molecule has 0 saturated heterocycles. The van der Waals surface area contributed by atoms with E-state index < -0.39 is 6.04 Å². The number of aryl methyl sites for hydroxylation is 3. The Bertz CT molecular complexity index is 862. The highest BCUT2D eigenvalue weighted by Crippen LogP contribution is 2.14. The largest absolute Gasteiger partial charge is 0.354 e. The summed E-state index contributed by atoms with van der Waals surface area (Å²) in [6.07, 6.45) is 3.88. The molecular weight excluding hydrogens is 338 g/mol. The van der Waals surface area contributed by atoms with E-state index in [2.05, 4.69) is 52.9 Å². The molecule has 0 spiro atoms. The quantitative estimate of drug-likeness (QED) is 0.625. The summed E-state index contributed by atoms with van der Waals surface area (Å²) in [5.74, 6) is -0.0632. The molecule has 3 rings (SSSR count). The number of carbonyl (C=O) groups excluding carboxylic acids is 1. The second kappa shape index (κ2) is 9.07. The molecule has 1 amide bonds. The maximum atomic E-state index is 12.7. The molecule has 0 radical (unpaired) electrons. The Morgan fingerprint density at radius 3 is 2.67 bits per heavy atom. The van der Waals surface area contributed by atoms with Crippen LogP contribution in [0.4, 0.5) is 0 Å². The third-order valence-corrected chi connectivity index (χ3v) is 4.68. The first-order valence-electron chi connectivity index (χ1n) is 9.24. The van der Waals surface area contributed by atoms with E-state index in [1.807, 2.05) is 30.3 Å². The molecule has 1 heterocycles. The fraction of sp³-hybridized carbons (Fsp3) is 0.333. The molecule has 1 N–H and O–H groups in total. The molecule has 6 heteroatoms. The fourth-order valence-electron chi connectivity index (χ4n) is 3.19. The summed E-state index contributed by atoms with van der Waals surface area (Å²) in [7, 11) is 0. The van der Waals surface area contributed by atoms with Crippen molar-refractivity contribution in [1.82, 2.24) is 25.5 Å². The van der Waals surface area contributed by atoms with Crippen molar-refractivity contribution in [3.63, 3.8) is 0 Å². The lowest BCUT2D eigenvalue weighted by molar-refractivity contribution is -0.124. The third-order valence-electron chi connectivity index (χ3n) is 4.68. The summed E-state index contributed by atoms with van der Waals surface area (Å²) >= 11 is 0. The topological polar surface area (TPSA) is 72.7 Å². The van der Waals surface area contributed by atoms with Crippen LogP contribution in [0.1, 0.15) is 34.7 Å². The van der Waals surface area contributed by atoms with Crippen LogP contribution < -0.4 is 5.32 Å². The van der Waals surface area contributed by atoms with Crippen LogP contribution in [0, 0.1) is 13.8 Å². The summed E-state index contributed by atoms with van der Waals surface area (Å²) in [5.41, 5.74) is 4.98. The zero-order chi connectivity index (χ0) is 19.1. The molecule has 3 aromatic rings. The van der Waals surface area contributed by atoms with Crippen LogP contribution in [-0.4, -0.2) is 32.7 Å². The number of rotatable bonds is 8. The van der Waals surface area contributed by atoms with Gasteiger partial charge in [0.2, 0.25) is 5.91 Å². The van der Waals surface area contributed by atoms with E-state index in [0.717, 1.165) is 18.4 Å². The van der Waals surface area contributed by atoms with E-state index in [1.54, 1.807) is 0 Å². The highest BCUT2D eigenvalue weighted by molar-refractivity contribution is 5.80. The van der Waals surface area contributed by atoms with E-state index in [9.17, 15) is 4.79 Å². The second-order valence-electron chi connectivity index (χ2n) is 6.82. The molecule has 1 aromatic heterocycles. The lowest BCUT2D eigenvalue weighted by Gasteiger charge is -2.16. The van der Waals surface area contributed by atoms with Crippen LogP contribution in [0.2, 0.25) is 0 Å². The standard InChI is InChI=1S/C21H25N5O/c1-16-10-11-19(17(2)13-16)9-6-12-22-21(27)20(26-15-23-24-25-26)14-18-7-4-3-5-8-18/h3-5,7-8,10-11,13,15,20H,6,9,12,14H2,1-2H3,(H,22,27)/t20-/m1/s1. The molecule has 0 aliphatic carbocycles. The molecule has 2 aromatic carbocycles. The minimum Gasteiger partial charge on any atom is -0.354 e. The van der Waals surface area contributed by atoms with Gasteiger partial charge >= 0.3 is 0 Å². The van der Waals surface area contributed by atoms with Crippen molar-refractivity contribution in [2.75, 3.05) is 6.54 Å². The highest BCUT2D eigenvalue weighted by atomic mass is 16.2. The number of carbonyl (C=O) groups is 1. The summed E-state index contributed by atoms with van der Waals surface area (Å²) in [6, 6.07) is 15.9. The van der Waals surface area contributed by atoms with Crippen LogP contribution in [0.15, 0.2) is 54.9 Å². The van der Waals surface area contributed by atoms with Gasteiger partial charge in [0, 0.05) is 13.0 Å². The number of nitrogens with one attached hydrogen (secondary N) is 1. The van der Waals surface area contributed by atoms with E-state index in [-0.39, 0.29) is 5.91 Å². The summed E-state index contributed by atoms with van der Waals surface area (Å²) in [4.78, 5) is 12.7. The highest BCUT2D eigenvalue weighted by Gasteiger charge is 2.21. The van der Waals surface area contributed by atoms with Gasteiger partial charge in [0.25, 0.3) is 0 Å². The molecule has 0 aliphatic heterocycles. The van der Waals surface area contributed by atoms with Crippen molar-refractivity contribution in [2.24, 2.45) is 0 Å². The molecule has 1 atom stereocenters. The van der Waals surface area contributed by atoms with Crippen molar-refractivity contribution >= 4 is 5.91 Å². The number of aromatic nitrogens is 4. The minimum absolute atomic E-state index is 0.0632. The molecule has 0 fully saturated rings. The zero-order valence-electron chi connectivity index (χ0n) is 15.8. The van der Waals surface area contributed by atoms with Crippen LogP contribution in [0.5, 0.6) is 0 Å². The molecule has 0 saturated carbocycles. The summed E-state index contributed by atoms with van der Waals surface area (Å²) in [6.45, 7) is 4.86. The van der Waals surface area contributed by atoms with Gasteiger partial charge in [-0.3, -0.25) is 4.79 Å². The average molecular weight is 363 g/mol. The average Bonchev–Trinajstić information content (AvgIpc) is 3.20. The Kier molecular flexibility index (Phi) is 6.30. The third kappa shape index (κ3) is 5.23. The first-order chi connectivity index (χ1) is 13.1. The smallest absolute Gasteiger partial charge is 0.245 e. The lowest BCUT2D eigenvalue weighted by atomic mass is 10.0. The molecule has 0 aliphatic rings. The van der Waals surface area contributed by atoms with Gasteiger partial charge in [-0.2, -0.15) is 0 Å². The van der Waals surface area contributed by atoms with Crippen LogP contribution in [0.3, 0.4) is 0 Å². The molecule has 27 heavy (non-hydrogen) atoms. The molecule has 0 bridgehead atoms. The summed E-state index contributed by atoms with van der Waals surface area (Å²) < 4.78 is 1.52. The van der Waals surface area contributed by atoms with E-state index in [1.165, 1.54) is 27.7 Å². The summed E-state index contributed by atoms with van der Waals surface area (Å²) in [5, 5.41) is 14.3. The van der Waals surface area contributed by atoms with Gasteiger partial charge < -0.3 is 5.32 Å². The van der Waals surface area contributed by atoms with Crippen LogP contribution in [-0.2, 0) is 17.6 Å². The van der Waals surface area contributed by atoms with Crippen molar-refractivity contribution < 1.29 is 4.79 Å². The fourth-order valence-corrected chi connectivity index (χ4v) is 3.19. The van der Waals surface area contributed by atoms with Gasteiger partial charge in [-0.15, -0.1) is 5.10 Å². The van der Waals surface area contributed by atoms with Crippen molar-refractivity contribution in [3.8, 4) is 0 Å². The van der Waals surface area contributed by atoms with Gasteiger partial charge in [0.1, 0.15) is 12.4 Å². The first-order valence-corrected chi connectivity index (χ1v) is 9.24. The minimum atomic E-state index is -0.455. The maximum Gasteiger partial charge on any atom is 0.245 e. The number of hydrogen-bond acceptors (Lipinski definition) is 4. The lowest BCUT2D eigenvalue weighted by Crippen LogP contribution is -2.35. The number of amides is 1. The SMILES string of the molecule is Cc1ccc(CCCNC(=O)[C@@H](Cc2ccccc2)n2cnnn2)c(C)c1.